The van der Waals surface area contributed by atoms with Gasteiger partial charge in [0, 0.05) is 0 Å². The summed E-state index contributed by atoms with van der Waals surface area (Å²) in [6.07, 6.45) is 7.89. The minimum absolute atomic E-state index is 0.322. The third kappa shape index (κ3) is 2.21. The van der Waals surface area contributed by atoms with Crippen molar-refractivity contribution in [2.45, 2.75) is 49.8 Å². The number of thioether (sulfide) groups is 1. The standard InChI is InChI=1S/C14H21N3OS/c1-2-7-19-11(6-1)13-16-14(18-17-13)12-10-5-3-4-9(10)8-15-12/h9-12,15H,1-8H2. The zero-order valence-electron chi connectivity index (χ0n) is 11.2. The van der Waals surface area contributed by atoms with Crippen LogP contribution in [0.3, 0.4) is 0 Å². The van der Waals surface area contributed by atoms with E-state index in [0.29, 0.717) is 11.3 Å². The summed E-state index contributed by atoms with van der Waals surface area (Å²) < 4.78 is 5.57. The van der Waals surface area contributed by atoms with Gasteiger partial charge in [-0.25, -0.2) is 0 Å². The molecule has 1 saturated carbocycles. The van der Waals surface area contributed by atoms with Crippen LogP contribution in [0.1, 0.15) is 61.5 Å². The van der Waals surface area contributed by atoms with E-state index in [4.69, 9.17) is 9.51 Å². The highest BCUT2D eigenvalue weighted by atomic mass is 32.2. The first-order valence-electron chi connectivity index (χ1n) is 7.60. The average molecular weight is 279 g/mol. The molecule has 3 fully saturated rings. The Bertz CT molecular complexity index is 444. The fourth-order valence-corrected chi connectivity index (χ4v) is 5.14. The van der Waals surface area contributed by atoms with E-state index in [0.717, 1.165) is 30.1 Å². The molecule has 104 valence electrons. The van der Waals surface area contributed by atoms with Gasteiger partial charge < -0.3 is 9.84 Å². The SMILES string of the molecule is C1CCC(c2noc(C3NCC4CCCC43)n2)SC1. The Balaban J connectivity index is 1.51. The summed E-state index contributed by atoms with van der Waals surface area (Å²) in [5, 5.41) is 8.30. The average Bonchev–Trinajstić information content (AvgIpc) is 3.15. The third-order valence-corrected chi connectivity index (χ3v) is 6.31. The van der Waals surface area contributed by atoms with Gasteiger partial charge in [-0.05, 0) is 49.8 Å². The van der Waals surface area contributed by atoms with Crippen LogP contribution >= 0.6 is 11.8 Å². The van der Waals surface area contributed by atoms with Crippen LogP contribution in [0.15, 0.2) is 4.52 Å². The minimum atomic E-state index is 0.322. The van der Waals surface area contributed by atoms with E-state index in [9.17, 15) is 0 Å². The molecule has 0 radical (unpaired) electrons. The lowest BCUT2D eigenvalue weighted by molar-refractivity contribution is 0.300. The molecule has 1 aromatic rings. The van der Waals surface area contributed by atoms with Gasteiger partial charge in [-0.3, -0.25) is 0 Å². The Labute approximate surface area is 118 Å². The Kier molecular flexibility index (Phi) is 3.27. The van der Waals surface area contributed by atoms with Gasteiger partial charge >= 0.3 is 0 Å². The molecular weight excluding hydrogens is 258 g/mol. The molecule has 4 rings (SSSR count). The van der Waals surface area contributed by atoms with E-state index >= 15 is 0 Å². The first-order chi connectivity index (χ1) is 9.42. The van der Waals surface area contributed by atoms with Crippen molar-refractivity contribution in [3.8, 4) is 0 Å². The van der Waals surface area contributed by atoms with Crippen LogP contribution in [0.2, 0.25) is 0 Å². The Morgan fingerprint density at radius 3 is 3.05 bits per heavy atom. The second-order valence-electron chi connectivity index (χ2n) is 6.09. The fourth-order valence-electron chi connectivity index (χ4n) is 3.91. The highest BCUT2D eigenvalue weighted by molar-refractivity contribution is 7.99. The van der Waals surface area contributed by atoms with Gasteiger partial charge in [0.05, 0.1) is 11.3 Å². The van der Waals surface area contributed by atoms with E-state index in [1.807, 2.05) is 11.8 Å². The van der Waals surface area contributed by atoms with Crippen molar-refractivity contribution in [3.05, 3.63) is 11.7 Å². The molecule has 0 amide bonds. The molecule has 1 aromatic heterocycles. The predicted molar refractivity (Wildman–Crippen MR) is 74.9 cm³/mol. The van der Waals surface area contributed by atoms with Gasteiger partial charge in [0.25, 0.3) is 0 Å². The molecule has 3 aliphatic rings. The van der Waals surface area contributed by atoms with E-state index in [1.165, 1.54) is 44.3 Å². The van der Waals surface area contributed by atoms with E-state index in [-0.39, 0.29) is 0 Å². The number of nitrogens with one attached hydrogen (secondary N) is 1. The van der Waals surface area contributed by atoms with Crippen LogP contribution in [-0.2, 0) is 0 Å². The first-order valence-corrected chi connectivity index (χ1v) is 8.65. The molecule has 4 unspecified atom stereocenters. The van der Waals surface area contributed by atoms with Crippen molar-refractivity contribution < 1.29 is 4.52 Å². The molecule has 4 nitrogen and oxygen atoms in total. The number of nitrogens with zero attached hydrogens (tertiary/aromatic N) is 2. The predicted octanol–water partition coefficient (Wildman–Crippen LogP) is 3.09. The number of hydrogen-bond acceptors (Lipinski definition) is 5. The van der Waals surface area contributed by atoms with Crippen LogP contribution in [0.25, 0.3) is 0 Å². The van der Waals surface area contributed by atoms with Gasteiger partial charge in [-0.1, -0.05) is 18.0 Å². The lowest BCUT2D eigenvalue weighted by Crippen LogP contribution is -2.18. The van der Waals surface area contributed by atoms with Crippen molar-refractivity contribution in [1.82, 2.24) is 15.5 Å². The first kappa shape index (κ1) is 12.2. The van der Waals surface area contributed by atoms with E-state index < -0.39 is 0 Å². The highest BCUT2D eigenvalue weighted by Gasteiger charge is 2.42. The number of fused-ring (bicyclic) bond motifs is 1. The maximum absolute atomic E-state index is 5.57. The van der Waals surface area contributed by atoms with Crippen LogP contribution in [0.5, 0.6) is 0 Å². The summed E-state index contributed by atoms with van der Waals surface area (Å²) in [6.45, 7) is 1.13. The third-order valence-electron chi connectivity index (χ3n) is 4.94. The monoisotopic (exact) mass is 279 g/mol. The lowest BCUT2D eigenvalue weighted by atomic mass is 9.94. The zero-order valence-corrected chi connectivity index (χ0v) is 12.0. The van der Waals surface area contributed by atoms with Crippen molar-refractivity contribution in [3.63, 3.8) is 0 Å². The molecule has 5 heteroatoms. The maximum atomic E-state index is 5.57. The normalized spacial score (nSPS) is 38.5. The molecule has 2 aliphatic heterocycles. The van der Waals surface area contributed by atoms with Gasteiger partial charge in [-0.2, -0.15) is 16.7 Å². The zero-order chi connectivity index (χ0) is 12.7. The summed E-state index contributed by atoms with van der Waals surface area (Å²) in [4.78, 5) is 4.72. The molecule has 19 heavy (non-hydrogen) atoms. The molecule has 0 bridgehead atoms. The summed E-state index contributed by atoms with van der Waals surface area (Å²) in [7, 11) is 0. The molecule has 0 aromatic carbocycles. The summed E-state index contributed by atoms with van der Waals surface area (Å²) in [6, 6.07) is 0.322. The molecule has 3 heterocycles. The second-order valence-corrected chi connectivity index (χ2v) is 7.40. The molecular formula is C14H21N3OS. The van der Waals surface area contributed by atoms with Crippen LogP contribution in [0, 0.1) is 11.8 Å². The minimum Gasteiger partial charge on any atom is -0.338 e. The Morgan fingerprint density at radius 1 is 1.16 bits per heavy atom. The van der Waals surface area contributed by atoms with E-state index in [2.05, 4.69) is 10.5 Å². The van der Waals surface area contributed by atoms with Gasteiger partial charge in [-0.15, -0.1) is 0 Å². The van der Waals surface area contributed by atoms with Crippen molar-refractivity contribution in [2.75, 3.05) is 12.3 Å². The summed E-state index contributed by atoms with van der Waals surface area (Å²) in [5.74, 6) is 4.58. The smallest absolute Gasteiger partial charge is 0.244 e. The topological polar surface area (TPSA) is 51.0 Å². The lowest BCUT2D eigenvalue weighted by Gasteiger charge is -2.17. The molecule has 1 N–H and O–H groups in total. The molecule has 4 atom stereocenters. The maximum Gasteiger partial charge on any atom is 0.244 e. The second kappa shape index (κ2) is 5.09. The number of hydrogen-bond donors (Lipinski definition) is 1. The van der Waals surface area contributed by atoms with Gasteiger partial charge in [0.15, 0.2) is 5.82 Å². The van der Waals surface area contributed by atoms with Crippen molar-refractivity contribution in [2.24, 2.45) is 11.8 Å². The highest BCUT2D eigenvalue weighted by Crippen LogP contribution is 2.44. The molecule has 0 spiro atoms. The van der Waals surface area contributed by atoms with Gasteiger partial charge in [0.2, 0.25) is 5.89 Å². The number of aromatic nitrogens is 2. The molecule has 1 aliphatic carbocycles. The van der Waals surface area contributed by atoms with E-state index in [1.54, 1.807) is 0 Å². The largest absolute Gasteiger partial charge is 0.338 e. The number of rotatable bonds is 2. The fraction of sp³-hybridized carbons (Fsp3) is 0.857. The summed E-state index contributed by atoms with van der Waals surface area (Å²) in [5.41, 5.74) is 0. The quantitative estimate of drug-likeness (QED) is 0.901. The molecule has 2 saturated heterocycles. The van der Waals surface area contributed by atoms with Crippen LogP contribution < -0.4 is 5.32 Å². The Morgan fingerprint density at radius 2 is 2.16 bits per heavy atom. The van der Waals surface area contributed by atoms with Crippen molar-refractivity contribution in [1.29, 1.82) is 0 Å². The summed E-state index contributed by atoms with van der Waals surface area (Å²) >= 11 is 1.99. The van der Waals surface area contributed by atoms with Gasteiger partial charge in [0.1, 0.15) is 0 Å². The van der Waals surface area contributed by atoms with Crippen LogP contribution in [-0.4, -0.2) is 22.4 Å². The Hall–Kier alpha value is -0.550. The van der Waals surface area contributed by atoms with Crippen molar-refractivity contribution >= 4 is 11.8 Å². The van der Waals surface area contributed by atoms with Crippen LogP contribution in [0.4, 0.5) is 0 Å².